The van der Waals surface area contributed by atoms with E-state index in [1.807, 2.05) is 44.9 Å². The van der Waals surface area contributed by atoms with Gasteiger partial charge >= 0.3 is 6.09 Å². The van der Waals surface area contributed by atoms with Crippen LogP contribution in [-0.4, -0.2) is 108 Å². The Balaban J connectivity index is 0.957. The van der Waals surface area contributed by atoms with Crippen molar-refractivity contribution in [2.24, 2.45) is 7.05 Å². The number of anilines is 4. The molecule has 0 saturated carbocycles. The van der Waals surface area contributed by atoms with E-state index in [1.54, 1.807) is 10.9 Å². The van der Waals surface area contributed by atoms with Gasteiger partial charge in [-0.3, -0.25) is 4.79 Å². The molecule has 1 aliphatic rings. The van der Waals surface area contributed by atoms with Crippen LogP contribution in [0.4, 0.5) is 27.9 Å². The average molecular weight is 747 g/mol. The minimum atomic E-state index is -0.526. The zero-order chi connectivity index (χ0) is 38.5. The van der Waals surface area contributed by atoms with Crippen LogP contribution in [0.1, 0.15) is 49.4 Å². The zero-order valence-electron chi connectivity index (χ0n) is 32.3. The number of carbonyl (C=O) groups excluding carboxylic acids is 2. The first-order valence-corrected chi connectivity index (χ1v) is 18.4. The molecular weight excluding hydrogens is 692 g/mol. The lowest BCUT2D eigenvalue weighted by atomic mass is 9.99. The quantitative estimate of drug-likeness (QED) is 0.106. The van der Waals surface area contributed by atoms with Gasteiger partial charge in [0, 0.05) is 44.3 Å². The molecule has 0 aliphatic carbocycles. The van der Waals surface area contributed by atoms with Crippen molar-refractivity contribution in [3.63, 3.8) is 0 Å². The molecule has 0 atom stereocenters. The third-order valence-corrected chi connectivity index (χ3v) is 8.62. The summed E-state index contributed by atoms with van der Waals surface area (Å²) < 4.78 is 29.0. The van der Waals surface area contributed by atoms with Crippen molar-refractivity contribution in [3.8, 4) is 0 Å². The molecule has 3 N–H and O–H groups in total. The summed E-state index contributed by atoms with van der Waals surface area (Å²) in [5, 5.41) is 14.9. The van der Waals surface area contributed by atoms with Gasteiger partial charge in [0.05, 0.1) is 64.7 Å². The lowest BCUT2D eigenvalue weighted by Gasteiger charge is -2.29. The number of amides is 2. The van der Waals surface area contributed by atoms with Gasteiger partial charge in [-0.1, -0.05) is 24.3 Å². The van der Waals surface area contributed by atoms with E-state index in [9.17, 15) is 9.59 Å². The molecule has 0 fully saturated rings. The van der Waals surface area contributed by atoms with Crippen molar-refractivity contribution in [1.82, 2.24) is 30.0 Å². The van der Waals surface area contributed by atoms with Crippen LogP contribution in [0, 0.1) is 13.8 Å². The van der Waals surface area contributed by atoms with Crippen LogP contribution in [0.2, 0.25) is 0 Å². The standard InChI is InChI=1S/C39H54N8O7/c1-27-8-7-9-28(2)34(27)43-35-32-25-41-37(44-36(32)46(6)45-35)42-31-11-10-29-12-15-47(26-30(29)24-31)33(48)13-16-50-18-20-52-22-23-53-21-19-51-17-14-40-38(49)54-39(3,4)5/h7-11,24-25H,12-23,26H2,1-6H3,(H,40,49)(H,43,45)(H,41,42,44). The van der Waals surface area contributed by atoms with Gasteiger partial charge < -0.3 is 44.5 Å². The third kappa shape index (κ3) is 12.1. The van der Waals surface area contributed by atoms with Gasteiger partial charge in [-0.2, -0.15) is 10.1 Å². The minimum Gasteiger partial charge on any atom is -0.444 e. The number of alkyl carbamates (subject to hydrolysis) is 1. The lowest BCUT2D eigenvalue weighted by Crippen LogP contribution is -2.36. The smallest absolute Gasteiger partial charge is 0.407 e. The van der Waals surface area contributed by atoms with Crippen LogP contribution in [0.15, 0.2) is 42.6 Å². The SMILES string of the molecule is Cc1cccc(C)c1Nc1nn(C)c2nc(Nc3ccc4c(c3)CN(C(=O)CCOCCOCCOCCOCCNC(=O)OC(C)(C)C)CC4)ncc12. The van der Waals surface area contributed by atoms with Crippen molar-refractivity contribution in [3.05, 3.63) is 64.8 Å². The van der Waals surface area contributed by atoms with Gasteiger partial charge in [-0.25, -0.2) is 14.5 Å². The Hall–Kier alpha value is -4.83. The van der Waals surface area contributed by atoms with Crippen molar-refractivity contribution < 1.29 is 33.3 Å². The van der Waals surface area contributed by atoms with E-state index in [0.29, 0.717) is 96.3 Å². The van der Waals surface area contributed by atoms with E-state index in [1.165, 1.54) is 5.56 Å². The number of carbonyl (C=O) groups is 2. The van der Waals surface area contributed by atoms with E-state index >= 15 is 0 Å². The summed E-state index contributed by atoms with van der Waals surface area (Å²) in [6.45, 7) is 14.4. The molecule has 2 aromatic carbocycles. The highest BCUT2D eigenvalue weighted by Gasteiger charge is 2.21. The summed E-state index contributed by atoms with van der Waals surface area (Å²) >= 11 is 0. The van der Waals surface area contributed by atoms with Gasteiger partial charge in [-0.05, 0) is 75.4 Å². The Bertz CT molecular complexity index is 1840. The van der Waals surface area contributed by atoms with Crippen LogP contribution < -0.4 is 16.0 Å². The van der Waals surface area contributed by atoms with E-state index in [2.05, 4.69) is 64.1 Å². The Morgan fingerprint density at radius 1 is 0.852 bits per heavy atom. The molecule has 0 radical (unpaired) electrons. The Morgan fingerprint density at radius 3 is 2.20 bits per heavy atom. The Labute approximate surface area is 317 Å². The number of fused-ring (bicyclic) bond motifs is 2. The molecular formula is C39H54N8O7. The fourth-order valence-corrected chi connectivity index (χ4v) is 5.92. The van der Waals surface area contributed by atoms with Crippen LogP contribution in [0.3, 0.4) is 0 Å². The van der Waals surface area contributed by atoms with Gasteiger partial charge in [0.15, 0.2) is 11.5 Å². The second kappa shape index (κ2) is 19.5. The van der Waals surface area contributed by atoms with E-state index in [4.69, 9.17) is 28.7 Å². The van der Waals surface area contributed by atoms with Gasteiger partial charge in [0.1, 0.15) is 5.60 Å². The number of para-hydroxylation sites is 1. The number of rotatable bonds is 19. The zero-order valence-corrected chi connectivity index (χ0v) is 32.3. The fourth-order valence-electron chi connectivity index (χ4n) is 5.92. The number of aromatic nitrogens is 4. The molecule has 15 nitrogen and oxygen atoms in total. The number of benzene rings is 2. The molecule has 4 aromatic rings. The summed E-state index contributed by atoms with van der Waals surface area (Å²) in [4.78, 5) is 35.8. The second-order valence-corrected chi connectivity index (χ2v) is 14.1. The second-order valence-electron chi connectivity index (χ2n) is 14.1. The molecule has 292 valence electrons. The minimum absolute atomic E-state index is 0.0615. The van der Waals surface area contributed by atoms with Crippen LogP contribution in [0.5, 0.6) is 0 Å². The predicted octanol–water partition coefficient (Wildman–Crippen LogP) is 5.33. The summed E-state index contributed by atoms with van der Waals surface area (Å²) in [6, 6.07) is 12.4. The molecule has 0 bridgehead atoms. The first-order chi connectivity index (χ1) is 26.0. The molecule has 3 heterocycles. The number of hydrogen-bond acceptors (Lipinski definition) is 12. The lowest BCUT2D eigenvalue weighted by molar-refractivity contribution is -0.133. The number of aryl methyl sites for hydroxylation is 3. The maximum Gasteiger partial charge on any atom is 0.407 e. The number of nitrogens with one attached hydrogen (secondary N) is 3. The fraction of sp³-hybridized carbons (Fsp3) is 0.513. The largest absolute Gasteiger partial charge is 0.444 e. The van der Waals surface area contributed by atoms with E-state index < -0.39 is 11.7 Å². The summed E-state index contributed by atoms with van der Waals surface area (Å²) in [5.74, 6) is 1.24. The summed E-state index contributed by atoms with van der Waals surface area (Å²) in [7, 11) is 1.87. The van der Waals surface area contributed by atoms with Gasteiger partial charge in [-0.15, -0.1) is 0 Å². The van der Waals surface area contributed by atoms with E-state index in [-0.39, 0.29) is 5.91 Å². The first-order valence-electron chi connectivity index (χ1n) is 18.4. The molecule has 2 amide bonds. The maximum absolute atomic E-state index is 13.0. The Kier molecular flexibility index (Phi) is 14.6. The third-order valence-electron chi connectivity index (χ3n) is 8.62. The predicted molar refractivity (Wildman–Crippen MR) is 206 cm³/mol. The molecule has 0 unspecified atom stereocenters. The van der Waals surface area contributed by atoms with Crippen molar-refractivity contribution in [1.29, 1.82) is 0 Å². The molecule has 54 heavy (non-hydrogen) atoms. The highest BCUT2D eigenvalue weighted by atomic mass is 16.6. The normalized spacial score (nSPS) is 12.8. The average Bonchev–Trinajstić information content (AvgIpc) is 3.44. The van der Waals surface area contributed by atoms with Crippen molar-refractivity contribution in [2.45, 2.75) is 59.6 Å². The van der Waals surface area contributed by atoms with Crippen LogP contribution >= 0.6 is 0 Å². The number of hydrogen-bond donors (Lipinski definition) is 3. The summed E-state index contributed by atoms with van der Waals surface area (Å²) in [5.41, 5.74) is 6.66. The van der Waals surface area contributed by atoms with E-state index in [0.717, 1.165) is 39.9 Å². The number of nitrogens with zero attached hydrogens (tertiary/aromatic N) is 5. The Morgan fingerprint density at radius 2 is 1.52 bits per heavy atom. The molecule has 1 aliphatic heterocycles. The highest BCUT2D eigenvalue weighted by molar-refractivity contribution is 5.90. The first kappa shape index (κ1) is 40.4. The van der Waals surface area contributed by atoms with Crippen LogP contribution in [0.25, 0.3) is 11.0 Å². The molecule has 2 aromatic heterocycles. The molecule has 5 rings (SSSR count). The molecule has 15 heteroatoms. The van der Waals surface area contributed by atoms with Crippen molar-refractivity contribution in [2.75, 3.05) is 76.6 Å². The van der Waals surface area contributed by atoms with Gasteiger partial charge in [0.2, 0.25) is 11.9 Å². The topological polar surface area (TPSA) is 163 Å². The van der Waals surface area contributed by atoms with Crippen molar-refractivity contribution >= 4 is 46.2 Å². The number of ether oxygens (including phenoxy) is 5. The summed E-state index contributed by atoms with van der Waals surface area (Å²) in [6.07, 6.45) is 2.43. The van der Waals surface area contributed by atoms with Crippen LogP contribution in [-0.2, 0) is 48.5 Å². The maximum atomic E-state index is 13.0. The molecule has 0 spiro atoms. The monoisotopic (exact) mass is 746 g/mol. The highest BCUT2D eigenvalue weighted by Crippen LogP contribution is 2.29. The van der Waals surface area contributed by atoms with Gasteiger partial charge in [0.25, 0.3) is 0 Å². The molecule has 0 saturated heterocycles.